The first-order valence-electron chi connectivity index (χ1n) is 10.1. The molecule has 0 aromatic heterocycles. The lowest BCUT2D eigenvalue weighted by molar-refractivity contribution is -0.131. The van der Waals surface area contributed by atoms with Gasteiger partial charge in [0.15, 0.2) is 13.2 Å². The number of amides is 2. The average molecular weight is 418 g/mol. The molecule has 6 nitrogen and oxygen atoms in total. The third-order valence-corrected chi connectivity index (χ3v) is 4.59. The van der Waals surface area contributed by atoms with Gasteiger partial charge in [-0.3, -0.25) is 20.4 Å². The molecular formula is C25H26N2O4. The van der Waals surface area contributed by atoms with Crippen LogP contribution in [-0.4, -0.2) is 25.0 Å². The molecule has 0 spiro atoms. The van der Waals surface area contributed by atoms with Crippen molar-refractivity contribution in [1.82, 2.24) is 10.9 Å². The van der Waals surface area contributed by atoms with Crippen molar-refractivity contribution < 1.29 is 19.1 Å². The molecular weight excluding hydrogens is 392 g/mol. The van der Waals surface area contributed by atoms with Crippen LogP contribution in [0.4, 0.5) is 0 Å². The number of hydrogen-bond acceptors (Lipinski definition) is 4. The van der Waals surface area contributed by atoms with Crippen molar-refractivity contribution in [2.45, 2.75) is 19.8 Å². The topological polar surface area (TPSA) is 76.7 Å². The molecule has 0 aliphatic heterocycles. The van der Waals surface area contributed by atoms with Crippen LogP contribution in [0.2, 0.25) is 0 Å². The number of benzene rings is 3. The summed E-state index contributed by atoms with van der Waals surface area (Å²) in [6.45, 7) is 3.79. The Labute approximate surface area is 182 Å². The van der Waals surface area contributed by atoms with Crippen LogP contribution in [0.25, 0.3) is 11.1 Å². The highest BCUT2D eigenvalue weighted by Crippen LogP contribution is 2.22. The van der Waals surface area contributed by atoms with E-state index in [1.54, 1.807) is 12.1 Å². The quantitative estimate of drug-likeness (QED) is 0.541. The molecule has 160 valence electrons. The Balaban J connectivity index is 1.36. The van der Waals surface area contributed by atoms with E-state index < -0.39 is 11.8 Å². The monoisotopic (exact) mass is 418 g/mol. The fourth-order valence-corrected chi connectivity index (χ4v) is 2.83. The minimum atomic E-state index is -0.471. The van der Waals surface area contributed by atoms with Crippen molar-refractivity contribution >= 4 is 11.8 Å². The van der Waals surface area contributed by atoms with Gasteiger partial charge in [-0.15, -0.1) is 0 Å². The second-order valence-corrected chi connectivity index (χ2v) is 7.29. The lowest BCUT2D eigenvalue weighted by atomic mass is 10.0. The molecule has 0 fully saturated rings. The van der Waals surface area contributed by atoms with Gasteiger partial charge in [-0.25, -0.2) is 0 Å². The van der Waals surface area contributed by atoms with Crippen molar-refractivity contribution in [1.29, 1.82) is 0 Å². The number of carbonyl (C=O) groups is 2. The smallest absolute Gasteiger partial charge is 0.276 e. The fraction of sp³-hybridized carbons (Fsp3) is 0.200. The minimum absolute atomic E-state index is 0.205. The number of carbonyl (C=O) groups excluding carboxylic acids is 2. The number of hydrazine groups is 1. The van der Waals surface area contributed by atoms with Gasteiger partial charge >= 0.3 is 0 Å². The molecule has 0 unspecified atom stereocenters. The second-order valence-electron chi connectivity index (χ2n) is 7.29. The van der Waals surface area contributed by atoms with Crippen LogP contribution in [0.15, 0.2) is 78.9 Å². The zero-order valence-corrected chi connectivity index (χ0v) is 17.6. The Morgan fingerprint density at radius 2 is 1.13 bits per heavy atom. The van der Waals surface area contributed by atoms with Crippen LogP contribution in [0.1, 0.15) is 25.3 Å². The number of rotatable bonds is 8. The molecule has 0 bridgehead atoms. The third-order valence-electron chi connectivity index (χ3n) is 4.59. The molecule has 0 saturated heterocycles. The van der Waals surface area contributed by atoms with Crippen molar-refractivity contribution in [3.63, 3.8) is 0 Å². The van der Waals surface area contributed by atoms with Gasteiger partial charge in [0.05, 0.1) is 0 Å². The molecule has 3 aromatic carbocycles. The summed E-state index contributed by atoms with van der Waals surface area (Å²) in [5, 5.41) is 0. The van der Waals surface area contributed by atoms with Gasteiger partial charge in [0.1, 0.15) is 11.5 Å². The standard InChI is InChI=1S/C25H26N2O4/c1-18(2)19-8-12-22(13-9-19)30-16-24(28)26-27-25(29)17-31-23-14-10-21(11-15-23)20-6-4-3-5-7-20/h3-15,18H,16-17H2,1-2H3,(H,26,28)(H,27,29). The Morgan fingerprint density at radius 1 is 0.677 bits per heavy atom. The zero-order chi connectivity index (χ0) is 22.1. The summed E-state index contributed by atoms with van der Waals surface area (Å²) < 4.78 is 10.9. The summed E-state index contributed by atoms with van der Waals surface area (Å²) in [6.07, 6.45) is 0. The fourth-order valence-electron chi connectivity index (χ4n) is 2.83. The Kier molecular flexibility index (Phi) is 7.65. The van der Waals surface area contributed by atoms with Crippen molar-refractivity contribution in [2.75, 3.05) is 13.2 Å². The van der Waals surface area contributed by atoms with Crippen molar-refractivity contribution in [2.24, 2.45) is 0 Å². The second kappa shape index (κ2) is 10.8. The predicted molar refractivity (Wildman–Crippen MR) is 120 cm³/mol. The summed E-state index contributed by atoms with van der Waals surface area (Å²) in [5.41, 5.74) is 7.97. The molecule has 6 heteroatoms. The Bertz CT molecular complexity index is 984. The van der Waals surface area contributed by atoms with Gasteiger partial charge in [0.25, 0.3) is 11.8 Å². The van der Waals surface area contributed by atoms with Gasteiger partial charge in [0.2, 0.25) is 0 Å². The highest BCUT2D eigenvalue weighted by molar-refractivity contribution is 5.83. The van der Waals surface area contributed by atoms with Gasteiger partial charge < -0.3 is 9.47 Å². The van der Waals surface area contributed by atoms with E-state index in [0.29, 0.717) is 17.4 Å². The Morgan fingerprint density at radius 3 is 1.61 bits per heavy atom. The van der Waals surface area contributed by atoms with Crippen molar-refractivity contribution in [3.05, 3.63) is 84.4 Å². The molecule has 0 aliphatic rings. The van der Waals surface area contributed by atoms with E-state index in [4.69, 9.17) is 9.47 Å². The lowest BCUT2D eigenvalue weighted by Gasteiger charge is -2.11. The average Bonchev–Trinajstić information content (AvgIpc) is 2.81. The van der Waals surface area contributed by atoms with Crippen LogP contribution in [-0.2, 0) is 9.59 Å². The van der Waals surface area contributed by atoms with E-state index in [2.05, 4.69) is 24.7 Å². The van der Waals surface area contributed by atoms with Crippen LogP contribution >= 0.6 is 0 Å². The third kappa shape index (κ3) is 6.89. The summed E-state index contributed by atoms with van der Waals surface area (Å²) in [7, 11) is 0. The maximum Gasteiger partial charge on any atom is 0.276 e. The summed E-state index contributed by atoms with van der Waals surface area (Å²) in [4.78, 5) is 23.7. The van der Waals surface area contributed by atoms with Crippen LogP contribution in [0.5, 0.6) is 11.5 Å². The maximum atomic E-state index is 11.9. The molecule has 3 rings (SSSR count). The van der Waals surface area contributed by atoms with E-state index in [1.165, 1.54) is 5.56 Å². The minimum Gasteiger partial charge on any atom is -0.484 e. The van der Waals surface area contributed by atoms with Crippen LogP contribution in [0.3, 0.4) is 0 Å². The van der Waals surface area contributed by atoms with Crippen LogP contribution in [0, 0.1) is 0 Å². The zero-order valence-electron chi connectivity index (χ0n) is 17.6. The summed E-state index contributed by atoms with van der Waals surface area (Å²) >= 11 is 0. The summed E-state index contributed by atoms with van der Waals surface area (Å²) in [5.74, 6) is 0.648. The van der Waals surface area contributed by atoms with Crippen LogP contribution < -0.4 is 20.3 Å². The van der Waals surface area contributed by atoms with E-state index in [-0.39, 0.29) is 13.2 Å². The van der Waals surface area contributed by atoms with Gasteiger partial charge in [-0.2, -0.15) is 0 Å². The first-order chi connectivity index (χ1) is 15.0. The normalized spacial score (nSPS) is 10.4. The van der Waals surface area contributed by atoms with Gasteiger partial charge in [-0.05, 0) is 46.9 Å². The number of ether oxygens (including phenoxy) is 2. The molecule has 0 aliphatic carbocycles. The molecule has 2 N–H and O–H groups in total. The number of nitrogens with one attached hydrogen (secondary N) is 2. The van der Waals surface area contributed by atoms with E-state index in [1.807, 2.05) is 66.7 Å². The first-order valence-corrected chi connectivity index (χ1v) is 10.1. The molecule has 3 aromatic rings. The summed E-state index contributed by atoms with van der Waals surface area (Å²) in [6, 6.07) is 25.0. The maximum absolute atomic E-state index is 11.9. The molecule has 0 radical (unpaired) electrons. The van der Waals surface area contributed by atoms with Gasteiger partial charge in [0, 0.05) is 0 Å². The van der Waals surface area contributed by atoms with Crippen molar-refractivity contribution in [3.8, 4) is 22.6 Å². The molecule has 2 amide bonds. The first kappa shape index (κ1) is 21.9. The van der Waals surface area contributed by atoms with Gasteiger partial charge in [-0.1, -0.05) is 68.4 Å². The molecule has 0 atom stereocenters. The largest absolute Gasteiger partial charge is 0.484 e. The molecule has 31 heavy (non-hydrogen) atoms. The van der Waals surface area contributed by atoms with E-state index in [0.717, 1.165) is 11.1 Å². The Hall–Kier alpha value is -3.80. The molecule has 0 heterocycles. The van der Waals surface area contributed by atoms with E-state index in [9.17, 15) is 9.59 Å². The lowest BCUT2D eigenvalue weighted by Crippen LogP contribution is -2.45. The SMILES string of the molecule is CC(C)c1ccc(OCC(=O)NNC(=O)COc2ccc(-c3ccccc3)cc2)cc1. The number of hydrogen-bond donors (Lipinski definition) is 2. The highest BCUT2D eigenvalue weighted by atomic mass is 16.5. The van der Waals surface area contributed by atoms with E-state index >= 15 is 0 Å². The molecule has 0 saturated carbocycles. The predicted octanol–water partition coefficient (Wildman–Crippen LogP) is 4.08. The highest BCUT2D eigenvalue weighted by Gasteiger charge is 2.07.